The molecule has 0 amide bonds. The van der Waals surface area contributed by atoms with Gasteiger partial charge in [-0.1, -0.05) is 11.8 Å². The van der Waals surface area contributed by atoms with Crippen LogP contribution in [0.2, 0.25) is 0 Å². The molecule has 2 aliphatic rings. The zero-order chi connectivity index (χ0) is 19.5. The Morgan fingerprint density at radius 3 is 2.37 bits per heavy atom. The van der Waals surface area contributed by atoms with Crippen molar-refractivity contribution in [1.29, 1.82) is 0 Å². The molecule has 6 heteroatoms. The lowest BCUT2D eigenvalue weighted by Gasteiger charge is -2.40. The molecule has 0 unspecified atom stereocenters. The van der Waals surface area contributed by atoms with Crippen LogP contribution in [0, 0.1) is 22.0 Å². The van der Waals surface area contributed by atoms with Gasteiger partial charge in [0.1, 0.15) is 5.60 Å². The third-order valence-electron chi connectivity index (χ3n) is 5.39. The molecule has 27 heavy (non-hydrogen) atoms. The summed E-state index contributed by atoms with van der Waals surface area (Å²) in [5.74, 6) is 6.70. The van der Waals surface area contributed by atoms with Gasteiger partial charge in [0, 0.05) is 44.0 Å². The van der Waals surface area contributed by atoms with Gasteiger partial charge in [0.05, 0.1) is 17.1 Å². The molecular weight excluding hydrogens is 342 g/mol. The highest BCUT2D eigenvalue weighted by Crippen LogP contribution is 2.34. The van der Waals surface area contributed by atoms with Crippen LogP contribution in [0.25, 0.3) is 0 Å². The van der Waals surface area contributed by atoms with Gasteiger partial charge in [-0.15, -0.1) is 0 Å². The fraction of sp³-hybridized carbons (Fsp3) is 0.619. The number of hydrogen-bond donors (Lipinski definition) is 0. The second kappa shape index (κ2) is 7.87. The molecule has 2 fully saturated rings. The summed E-state index contributed by atoms with van der Waals surface area (Å²) >= 11 is 0. The van der Waals surface area contributed by atoms with Crippen molar-refractivity contribution in [3.63, 3.8) is 0 Å². The number of hydrogen-bond acceptors (Lipinski definition) is 5. The van der Waals surface area contributed by atoms with Crippen LogP contribution < -0.4 is 4.90 Å². The van der Waals surface area contributed by atoms with Gasteiger partial charge in [-0.3, -0.25) is 15.0 Å². The van der Waals surface area contributed by atoms with E-state index < -0.39 is 0 Å². The Morgan fingerprint density at radius 1 is 1.11 bits per heavy atom. The van der Waals surface area contributed by atoms with Gasteiger partial charge >= 0.3 is 0 Å². The maximum absolute atomic E-state index is 10.8. The summed E-state index contributed by atoms with van der Waals surface area (Å²) in [6, 6.07) is 6.80. The van der Waals surface area contributed by atoms with Crippen LogP contribution >= 0.6 is 0 Å². The first-order chi connectivity index (χ1) is 12.8. The van der Waals surface area contributed by atoms with Crippen molar-refractivity contribution in [3.8, 4) is 11.8 Å². The SMILES string of the molecule is CC1(C)CCC[C@](C)(C#CCN2CCN(c3ccc([N+](=O)[O-])cc3)CC2)O1. The summed E-state index contributed by atoms with van der Waals surface area (Å²) in [4.78, 5) is 15.0. The number of nitrogens with zero attached hydrogens (tertiary/aromatic N) is 3. The van der Waals surface area contributed by atoms with E-state index in [0.717, 1.165) is 57.7 Å². The van der Waals surface area contributed by atoms with E-state index in [4.69, 9.17) is 4.74 Å². The van der Waals surface area contributed by atoms with E-state index in [1.807, 2.05) is 12.1 Å². The second-order valence-corrected chi connectivity index (χ2v) is 8.28. The van der Waals surface area contributed by atoms with Gasteiger partial charge in [-0.05, 0) is 52.2 Å². The van der Waals surface area contributed by atoms with Crippen molar-refractivity contribution < 1.29 is 9.66 Å². The number of benzene rings is 1. The van der Waals surface area contributed by atoms with Crippen LogP contribution in [0.5, 0.6) is 0 Å². The van der Waals surface area contributed by atoms with Gasteiger partial charge in [0.15, 0.2) is 0 Å². The Balaban J connectivity index is 1.49. The zero-order valence-electron chi connectivity index (χ0n) is 16.5. The minimum atomic E-state index is -0.363. The first-order valence-corrected chi connectivity index (χ1v) is 9.68. The molecule has 6 nitrogen and oxygen atoms in total. The third kappa shape index (κ3) is 5.21. The van der Waals surface area contributed by atoms with Crippen molar-refractivity contribution >= 4 is 11.4 Å². The summed E-state index contributed by atoms with van der Waals surface area (Å²) in [7, 11) is 0. The highest BCUT2D eigenvalue weighted by molar-refractivity contribution is 5.51. The first-order valence-electron chi connectivity index (χ1n) is 9.68. The van der Waals surface area contributed by atoms with Gasteiger partial charge in [-0.25, -0.2) is 0 Å². The average molecular weight is 371 g/mol. The minimum absolute atomic E-state index is 0.0853. The van der Waals surface area contributed by atoms with Crippen molar-refractivity contribution in [3.05, 3.63) is 34.4 Å². The lowest BCUT2D eigenvalue weighted by atomic mass is 9.88. The number of nitro groups is 1. The van der Waals surface area contributed by atoms with E-state index in [-0.39, 0.29) is 21.8 Å². The Kier molecular flexibility index (Phi) is 5.73. The van der Waals surface area contributed by atoms with E-state index >= 15 is 0 Å². The van der Waals surface area contributed by atoms with Gasteiger partial charge in [0.2, 0.25) is 0 Å². The fourth-order valence-corrected chi connectivity index (χ4v) is 3.94. The smallest absolute Gasteiger partial charge is 0.269 e. The molecule has 0 spiro atoms. The highest BCUT2D eigenvalue weighted by atomic mass is 16.6. The van der Waals surface area contributed by atoms with E-state index in [9.17, 15) is 10.1 Å². The molecule has 146 valence electrons. The number of piperazine rings is 1. The largest absolute Gasteiger partial charge is 0.369 e. The van der Waals surface area contributed by atoms with E-state index in [1.54, 1.807) is 12.1 Å². The molecule has 2 saturated heterocycles. The van der Waals surface area contributed by atoms with Crippen LogP contribution in [0.1, 0.15) is 40.0 Å². The van der Waals surface area contributed by atoms with E-state index in [2.05, 4.69) is 42.4 Å². The molecular formula is C21H29N3O3. The van der Waals surface area contributed by atoms with Crippen molar-refractivity contribution in [2.24, 2.45) is 0 Å². The van der Waals surface area contributed by atoms with E-state index in [1.165, 1.54) is 0 Å². The molecule has 0 aliphatic carbocycles. The normalized spacial score (nSPS) is 25.5. The number of anilines is 1. The molecule has 3 rings (SSSR count). The fourth-order valence-electron chi connectivity index (χ4n) is 3.94. The van der Waals surface area contributed by atoms with Crippen molar-refractivity contribution in [2.75, 3.05) is 37.6 Å². The number of ether oxygens (including phenoxy) is 1. The van der Waals surface area contributed by atoms with Crippen molar-refractivity contribution in [2.45, 2.75) is 51.2 Å². The summed E-state index contributed by atoms with van der Waals surface area (Å²) in [6.45, 7) is 10.8. The van der Waals surface area contributed by atoms with Crippen LogP contribution in [0.4, 0.5) is 11.4 Å². The predicted octanol–water partition coefficient (Wildman–Crippen LogP) is 3.46. The first kappa shape index (κ1) is 19.7. The van der Waals surface area contributed by atoms with Crippen LogP contribution in [-0.2, 0) is 4.74 Å². The molecule has 1 aromatic rings. The van der Waals surface area contributed by atoms with Crippen molar-refractivity contribution in [1.82, 2.24) is 4.90 Å². The van der Waals surface area contributed by atoms with Gasteiger partial charge in [-0.2, -0.15) is 0 Å². The summed E-state index contributed by atoms with van der Waals surface area (Å²) < 4.78 is 6.20. The molecule has 0 bridgehead atoms. The van der Waals surface area contributed by atoms with Gasteiger partial charge in [0.25, 0.3) is 5.69 Å². The van der Waals surface area contributed by atoms with Gasteiger partial charge < -0.3 is 9.64 Å². The number of rotatable bonds is 3. The van der Waals surface area contributed by atoms with Crippen LogP contribution in [0.3, 0.4) is 0 Å². The summed E-state index contributed by atoms with van der Waals surface area (Å²) in [5, 5.41) is 10.8. The average Bonchev–Trinajstić information content (AvgIpc) is 2.61. The standard InChI is InChI=1S/C21H29N3O3/c1-20(2)10-4-11-21(3,27-20)12-5-13-22-14-16-23(17-15-22)18-6-8-19(9-7-18)24(25)26/h6-9H,4,10-11,13-17H2,1-3H3/t21-/m1/s1. The molecule has 2 aliphatic heterocycles. The maximum atomic E-state index is 10.8. The minimum Gasteiger partial charge on any atom is -0.369 e. The Labute approximate surface area is 161 Å². The molecule has 2 heterocycles. The quantitative estimate of drug-likeness (QED) is 0.463. The lowest BCUT2D eigenvalue weighted by Crippen LogP contribution is -2.46. The topological polar surface area (TPSA) is 58.9 Å². The van der Waals surface area contributed by atoms with Crippen LogP contribution in [0.15, 0.2) is 24.3 Å². The van der Waals surface area contributed by atoms with E-state index in [0.29, 0.717) is 0 Å². The number of nitro benzene ring substituents is 1. The molecule has 0 radical (unpaired) electrons. The highest BCUT2D eigenvalue weighted by Gasteiger charge is 2.35. The second-order valence-electron chi connectivity index (χ2n) is 8.28. The molecule has 1 atom stereocenters. The Morgan fingerprint density at radius 2 is 1.78 bits per heavy atom. The molecule has 0 saturated carbocycles. The Hall–Kier alpha value is -2.10. The molecule has 0 aromatic heterocycles. The summed E-state index contributed by atoms with van der Waals surface area (Å²) in [6.07, 6.45) is 3.25. The lowest BCUT2D eigenvalue weighted by molar-refractivity contribution is -0.384. The Bertz CT molecular complexity index is 727. The monoisotopic (exact) mass is 371 g/mol. The number of non-ortho nitro benzene ring substituents is 1. The predicted molar refractivity (Wildman–Crippen MR) is 107 cm³/mol. The zero-order valence-corrected chi connectivity index (χ0v) is 16.5. The summed E-state index contributed by atoms with van der Waals surface area (Å²) in [5.41, 5.74) is 0.756. The molecule has 0 N–H and O–H groups in total. The third-order valence-corrected chi connectivity index (χ3v) is 5.39. The molecule has 1 aromatic carbocycles. The van der Waals surface area contributed by atoms with Crippen LogP contribution in [-0.4, -0.2) is 53.7 Å². The maximum Gasteiger partial charge on any atom is 0.269 e.